The maximum atomic E-state index is 6.24. The zero-order valence-electron chi connectivity index (χ0n) is 8.73. The van der Waals surface area contributed by atoms with Gasteiger partial charge in [-0.15, -0.1) is 11.6 Å². The van der Waals surface area contributed by atoms with Gasteiger partial charge < -0.3 is 0 Å². The Morgan fingerprint density at radius 2 is 2.07 bits per heavy atom. The summed E-state index contributed by atoms with van der Waals surface area (Å²) in [5.41, 5.74) is 1.52. The predicted molar refractivity (Wildman–Crippen MR) is 69.9 cm³/mol. The Morgan fingerprint density at radius 1 is 1.40 bits per heavy atom. The molecule has 1 fully saturated rings. The molecule has 2 atom stereocenters. The van der Waals surface area contributed by atoms with Crippen LogP contribution in [-0.2, 0) is 0 Å². The van der Waals surface area contributed by atoms with Crippen molar-refractivity contribution in [2.24, 2.45) is 11.3 Å². The number of halogens is 3. The molecule has 0 nitrogen and oxygen atoms in total. The summed E-state index contributed by atoms with van der Waals surface area (Å²) in [6, 6.07) is 6.10. The van der Waals surface area contributed by atoms with E-state index in [1.54, 1.807) is 0 Å². The molecule has 0 saturated heterocycles. The van der Waals surface area contributed by atoms with Crippen molar-refractivity contribution in [2.45, 2.75) is 19.8 Å². The lowest BCUT2D eigenvalue weighted by Crippen LogP contribution is -1.91. The Kier molecular flexibility index (Phi) is 3.09. The van der Waals surface area contributed by atoms with Crippen molar-refractivity contribution in [1.82, 2.24) is 0 Å². The third-order valence-electron chi connectivity index (χ3n) is 3.51. The van der Waals surface area contributed by atoms with Crippen LogP contribution in [0.3, 0.4) is 0 Å². The minimum atomic E-state index is 0.291. The van der Waals surface area contributed by atoms with Gasteiger partial charge >= 0.3 is 0 Å². The van der Waals surface area contributed by atoms with E-state index in [1.807, 2.05) is 12.1 Å². The van der Waals surface area contributed by atoms with E-state index >= 15 is 0 Å². The highest BCUT2D eigenvalue weighted by molar-refractivity contribution is 9.10. The van der Waals surface area contributed by atoms with E-state index in [1.165, 1.54) is 5.56 Å². The maximum Gasteiger partial charge on any atom is 0.0452 e. The normalized spacial score (nSPS) is 27.8. The van der Waals surface area contributed by atoms with Gasteiger partial charge in [0.25, 0.3) is 0 Å². The van der Waals surface area contributed by atoms with Crippen LogP contribution in [0.15, 0.2) is 22.7 Å². The highest BCUT2D eigenvalue weighted by Gasteiger charge is 2.57. The minimum Gasteiger partial charge on any atom is -0.126 e. The Balaban J connectivity index is 2.33. The molecule has 0 aliphatic heterocycles. The van der Waals surface area contributed by atoms with Gasteiger partial charge in [0.1, 0.15) is 0 Å². The molecule has 1 aromatic rings. The van der Waals surface area contributed by atoms with Crippen molar-refractivity contribution in [3.8, 4) is 0 Å². The summed E-state index contributed by atoms with van der Waals surface area (Å²) in [6.45, 7) is 4.51. The van der Waals surface area contributed by atoms with Gasteiger partial charge in [-0.2, -0.15) is 0 Å². The van der Waals surface area contributed by atoms with E-state index in [-0.39, 0.29) is 0 Å². The zero-order valence-corrected chi connectivity index (χ0v) is 11.8. The largest absolute Gasteiger partial charge is 0.126 e. The summed E-state index contributed by atoms with van der Waals surface area (Å²) in [4.78, 5) is 0. The third-order valence-corrected chi connectivity index (χ3v) is 4.67. The van der Waals surface area contributed by atoms with Crippen LogP contribution < -0.4 is 0 Å². The van der Waals surface area contributed by atoms with Crippen LogP contribution in [0.1, 0.15) is 25.3 Å². The molecule has 2 rings (SSSR count). The van der Waals surface area contributed by atoms with Crippen LogP contribution in [0.2, 0.25) is 5.02 Å². The average molecular weight is 308 g/mol. The SMILES string of the molecule is CC1(C)C(CCl)C1c1ccc(Br)cc1Cl. The van der Waals surface area contributed by atoms with Crippen LogP contribution >= 0.6 is 39.1 Å². The summed E-state index contributed by atoms with van der Waals surface area (Å²) in [6.07, 6.45) is 0. The predicted octanol–water partition coefficient (Wildman–Crippen LogP) is 5.08. The third kappa shape index (κ3) is 1.94. The number of hydrogen-bond donors (Lipinski definition) is 0. The van der Waals surface area contributed by atoms with Gasteiger partial charge in [0.15, 0.2) is 0 Å². The Morgan fingerprint density at radius 3 is 2.53 bits per heavy atom. The fourth-order valence-corrected chi connectivity index (χ4v) is 3.77. The highest BCUT2D eigenvalue weighted by Crippen LogP contribution is 2.65. The van der Waals surface area contributed by atoms with E-state index in [0.717, 1.165) is 9.50 Å². The number of rotatable bonds is 2. The van der Waals surface area contributed by atoms with E-state index < -0.39 is 0 Å². The average Bonchev–Trinajstić information content (AvgIpc) is 2.68. The van der Waals surface area contributed by atoms with Gasteiger partial charge in [-0.05, 0) is 34.9 Å². The first kappa shape index (κ1) is 11.8. The number of benzene rings is 1. The Hall–Kier alpha value is 0.280. The second kappa shape index (κ2) is 3.94. The second-order valence-electron chi connectivity index (χ2n) is 4.73. The molecular formula is C12H13BrCl2. The zero-order chi connectivity index (χ0) is 11.2. The lowest BCUT2D eigenvalue weighted by Gasteiger charge is -2.06. The van der Waals surface area contributed by atoms with E-state index in [4.69, 9.17) is 23.2 Å². The molecule has 2 unspecified atom stereocenters. The molecule has 0 heterocycles. The maximum absolute atomic E-state index is 6.24. The molecule has 0 aromatic heterocycles. The van der Waals surface area contributed by atoms with Gasteiger partial charge in [-0.25, -0.2) is 0 Å². The van der Waals surface area contributed by atoms with Crippen LogP contribution in [0.25, 0.3) is 0 Å². The molecule has 15 heavy (non-hydrogen) atoms. The summed E-state index contributed by atoms with van der Waals surface area (Å²) in [7, 11) is 0. The van der Waals surface area contributed by atoms with Crippen molar-refractivity contribution in [1.29, 1.82) is 0 Å². The molecule has 0 spiro atoms. The standard InChI is InChI=1S/C12H13BrCl2/c1-12(2)9(6-14)11(12)8-4-3-7(13)5-10(8)15/h3-5,9,11H,6H2,1-2H3. The van der Waals surface area contributed by atoms with Gasteiger partial charge in [-0.1, -0.05) is 47.4 Å². The van der Waals surface area contributed by atoms with Gasteiger partial charge in [0.05, 0.1) is 0 Å². The molecule has 0 radical (unpaired) electrons. The van der Waals surface area contributed by atoms with E-state index in [2.05, 4.69) is 35.8 Å². The molecule has 0 N–H and O–H groups in total. The lowest BCUT2D eigenvalue weighted by atomic mass is 10.0. The highest BCUT2D eigenvalue weighted by atomic mass is 79.9. The molecule has 1 aliphatic carbocycles. The molecule has 1 aliphatic rings. The molecular weight excluding hydrogens is 295 g/mol. The first-order valence-corrected chi connectivity index (χ1v) is 6.70. The first-order chi connectivity index (χ1) is 6.98. The number of alkyl halides is 1. The minimum absolute atomic E-state index is 0.291. The molecule has 82 valence electrons. The van der Waals surface area contributed by atoms with Gasteiger partial charge in [-0.3, -0.25) is 0 Å². The monoisotopic (exact) mass is 306 g/mol. The molecule has 0 bridgehead atoms. The van der Waals surface area contributed by atoms with Gasteiger partial charge in [0.2, 0.25) is 0 Å². The van der Waals surface area contributed by atoms with Crippen LogP contribution in [0, 0.1) is 11.3 Å². The van der Waals surface area contributed by atoms with Gasteiger partial charge in [0, 0.05) is 15.4 Å². The van der Waals surface area contributed by atoms with Crippen molar-refractivity contribution >= 4 is 39.1 Å². The van der Waals surface area contributed by atoms with E-state index in [9.17, 15) is 0 Å². The molecule has 1 saturated carbocycles. The first-order valence-electron chi connectivity index (χ1n) is 4.99. The van der Waals surface area contributed by atoms with Crippen molar-refractivity contribution in [3.05, 3.63) is 33.3 Å². The van der Waals surface area contributed by atoms with Crippen LogP contribution in [-0.4, -0.2) is 5.88 Å². The summed E-state index contributed by atoms with van der Waals surface area (Å²) in [5.74, 6) is 1.78. The Labute approximate surface area is 109 Å². The number of hydrogen-bond acceptors (Lipinski definition) is 0. The molecule has 3 heteroatoms. The fraction of sp³-hybridized carbons (Fsp3) is 0.500. The smallest absolute Gasteiger partial charge is 0.0452 e. The molecule has 0 amide bonds. The lowest BCUT2D eigenvalue weighted by molar-refractivity contribution is 0.577. The van der Waals surface area contributed by atoms with Crippen LogP contribution in [0.4, 0.5) is 0 Å². The summed E-state index contributed by atoms with van der Waals surface area (Å²) >= 11 is 15.6. The van der Waals surface area contributed by atoms with Crippen molar-refractivity contribution in [2.75, 3.05) is 5.88 Å². The van der Waals surface area contributed by atoms with Crippen molar-refractivity contribution in [3.63, 3.8) is 0 Å². The van der Waals surface area contributed by atoms with Crippen LogP contribution in [0.5, 0.6) is 0 Å². The second-order valence-corrected chi connectivity index (χ2v) is 6.36. The van der Waals surface area contributed by atoms with E-state index in [0.29, 0.717) is 23.1 Å². The Bertz CT molecular complexity index is 387. The quantitative estimate of drug-likeness (QED) is 0.668. The topological polar surface area (TPSA) is 0 Å². The van der Waals surface area contributed by atoms with Crippen molar-refractivity contribution < 1.29 is 0 Å². The summed E-state index contributed by atoms with van der Waals surface area (Å²) in [5, 5.41) is 0.843. The molecule has 1 aromatic carbocycles. The fourth-order valence-electron chi connectivity index (χ4n) is 2.40. The summed E-state index contributed by atoms with van der Waals surface area (Å²) < 4.78 is 1.03.